The van der Waals surface area contributed by atoms with E-state index in [0.29, 0.717) is 0 Å². The Hall–Kier alpha value is -3.15. The lowest BCUT2D eigenvalue weighted by Gasteiger charge is -2.04. The van der Waals surface area contributed by atoms with Crippen LogP contribution in [0.1, 0.15) is 15.9 Å². The first-order chi connectivity index (χ1) is 9.99. The maximum absolute atomic E-state index is 12.1. The van der Waals surface area contributed by atoms with E-state index in [1.165, 1.54) is 36.4 Å². The zero-order chi connectivity index (χ0) is 15.1. The number of hydrogen-bond acceptors (Lipinski definition) is 6. The number of carbonyl (C=O) groups is 1. The maximum atomic E-state index is 12.1. The average molecular weight is 286 g/mol. The number of Topliss-reactive ketones (excluding diaryl/α,β-unsaturated/α-hetero) is 1. The van der Waals surface area contributed by atoms with Gasteiger partial charge in [0.15, 0.2) is 28.8 Å². The van der Waals surface area contributed by atoms with Crippen molar-refractivity contribution in [3.8, 4) is 28.7 Å². The van der Waals surface area contributed by atoms with E-state index >= 15 is 0 Å². The van der Waals surface area contributed by atoms with Crippen molar-refractivity contribution in [2.24, 2.45) is 0 Å². The van der Waals surface area contributed by atoms with Crippen molar-refractivity contribution >= 4 is 11.9 Å². The molecular weight excluding hydrogens is 276 g/mol. The summed E-state index contributed by atoms with van der Waals surface area (Å²) in [5.41, 5.74) is 0.297. The van der Waals surface area contributed by atoms with Gasteiger partial charge in [-0.15, -0.1) is 0 Å². The van der Waals surface area contributed by atoms with E-state index in [1.54, 1.807) is 0 Å². The van der Waals surface area contributed by atoms with Crippen molar-refractivity contribution in [3.63, 3.8) is 0 Å². The zero-order valence-electron chi connectivity index (χ0n) is 10.6. The van der Waals surface area contributed by atoms with Crippen molar-refractivity contribution < 1.29 is 30.0 Å². The molecular formula is C15H10O6. The molecule has 4 N–H and O–H groups in total. The molecule has 0 fully saturated rings. The summed E-state index contributed by atoms with van der Waals surface area (Å²) in [6.45, 7) is 0. The SMILES string of the molecule is O=C1/C(=C/c2cccc(O)c2O)Oc2c1ccc(O)c2O. The second kappa shape index (κ2) is 4.45. The van der Waals surface area contributed by atoms with Crippen molar-refractivity contribution in [1.82, 2.24) is 0 Å². The largest absolute Gasteiger partial charge is 0.504 e. The Morgan fingerprint density at radius 1 is 0.905 bits per heavy atom. The fraction of sp³-hybridized carbons (Fsp3) is 0. The number of fused-ring (bicyclic) bond motifs is 1. The van der Waals surface area contributed by atoms with E-state index in [2.05, 4.69) is 0 Å². The van der Waals surface area contributed by atoms with E-state index < -0.39 is 17.3 Å². The number of allylic oxidation sites excluding steroid dienone is 1. The molecule has 1 aliphatic heterocycles. The highest BCUT2D eigenvalue weighted by Crippen LogP contribution is 2.44. The molecule has 6 heteroatoms. The Bertz CT molecular complexity index is 791. The monoisotopic (exact) mass is 286 g/mol. The summed E-state index contributed by atoms with van der Waals surface area (Å²) in [7, 11) is 0. The highest BCUT2D eigenvalue weighted by Gasteiger charge is 2.31. The van der Waals surface area contributed by atoms with Gasteiger partial charge in [-0.3, -0.25) is 4.79 Å². The molecule has 0 saturated heterocycles. The van der Waals surface area contributed by atoms with Crippen molar-refractivity contribution in [1.29, 1.82) is 0 Å². The first-order valence-electron chi connectivity index (χ1n) is 5.99. The van der Waals surface area contributed by atoms with E-state index in [0.717, 1.165) is 0 Å². The van der Waals surface area contributed by atoms with Gasteiger partial charge in [-0.05, 0) is 24.3 Å². The number of ketones is 1. The van der Waals surface area contributed by atoms with E-state index in [1.807, 2.05) is 0 Å². The summed E-state index contributed by atoms with van der Waals surface area (Å²) < 4.78 is 5.24. The minimum Gasteiger partial charge on any atom is -0.504 e. The summed E-state index contributed by atoms with van der Waals surface area (Å²) in [5.74, 6) is -2.40. The van der Waals surface area contributed by atoms with E-state index in [4.69, 9.17) is 4.74 Å². The molecule has 3 rings (SSSR count). The Morgan fingerprint density at radius 3 is 2.38 bits per heavy atom. The molecule has 21 heavy (non-hydrogen) atoms. The third-order valence-electron chi connectivity index (χ3n) is 3.12. The molecule has 1 heterocycles. The molecule has 0 aliphatic carbocycles. The number of benzene rings is 2. The van der Waals surface area contributed by atoms with Gasteiger partial charge in [0, 0.05) is 5.56 Å². The normalized spacial score (nSPS) is 15.0. The van der Waals surface area contributed by atoms with Crippen LogP contribution in [0.25, 0.3) is 6.08 Å². The van der Waals surface area contributed by atoms with Crippen LogP contribution in [0.15, 0.2) is 36.1 Å². The number of rotatable bonds is 1. The second-order valence-electron chi connectivity index (χ2n) is 4.46. The lowest BCUT2D eigenvalue weighted by atomic mass is 10.1. The van der Waals surface area contributed by atoms with Crippen molar-refractivity contribution in [2.45, 2.75) is 0 Å². The lowest BCUT2D eigenvalue weighted by Crippen LogP contribution is -1.98. The van der Waals surface area contributed by atoms with Gasteiger partial charge in [0.2, 0.25) is 11.5 Å². The molecule has 0 bridgehead atoms. The Balaban J connectivity index is 2.07. The van der Waals surface area contributed by atoms with Gasteiger partial charge < -0.3 is 25.2 Å². The number of carbonyl (C=O) groups excluding carboxylic acids is 1. The van der Waals surface area contributed by atoms with Crippen LogP contribution >= 0.6 is 0 Å². The van der Waals surface area contributed by atoms with Crippen LogP contribution in [0.5, 0.6) is 28.7 Å². The highest BCUT2D eigenvalue weighted by atomic mass is 16.5. The number of hydrogen-bond donors (Lipinski definition) is 4. The van der Waals surface area contributed by atoms with Crippen LogP contribution in [0.2, 0.25) is 0 Å². The summed E-state index contributed by atoms with van der Waals surface area (Å²) in [5, 5.41) is 38.2. The standard InChI is InChI=1S/C15H10O6/c16-9-3-1-2-7(12(9)18)6-11-13(19)8-4-5-10(17)14(20)15(8)21-11/h1-6,16-18,20H/b11-6-. The van der Waals surface area contributed by atoms with Gasteiger partial charge in [0.1, 0.15) is 0 Å². The van der Waals surface area contributed by atoms with Crippen LogP contribution in [-0.2, 0) is 0 Å². The topological polar surface area (TPSA) is 107 Å². The molecule has 0 amide bonds. The van der Waals surface area contributed by atoms with Gasteiger partial charge in [-0.25, -0.2) is 0 Å². The quantitative estimate of drug-likeness (QED) is 0.472. The molecule has 0 spiro atoms. The van der Waals surface area contributed by atoms with Crippen molar-refractivity contribution in [3.05, 3.63) is 47.2 Å². The van der Waals surface area contributed by atoms with Crippen LogP contribution in [0, 0.1) is 0 Å². The molecule has 0 saturated carbocycles. The first-order valence-corrected chi connectivity index (χ1v) is 5.99. The number of para-hydroxylation sites is 1. The summed E-state index contributed by atoms with van der Waals surface area (Å²) in [4.78, 5) is 12.1. The fourth-order valence-electron chi connectivity index (χ4n) is 2.03. The lowest BCUT2D eigenvalue weighted by molar-refractivity contribution is 0.101. The Kier molecular flexibility index (Phi) is 2.72. The van der Waals surface area contributed by atoms with E-state index in [9.17, 15) is 25.2 Å². The predicted molar refractivity (Wildman–Crippen MR) is 72.5 cm³/mol. The van der Waals surface area contributed by atoms with E-state index in [-0.39, 0.29) is 34.1 Å². The van der Waals surface area contributed by atoms with Gasteiger partial charge in [-0.2, -0.15) is 0 Å². The van der Waals surface area contributed by atoms with Gasteiger partial charge in [0.05, 0.1) is 5.56 Å². The summed E-state index contributed by atoms with van der Waals surface area (Å²) in [6.07, 6.45) is 1.24. The zero-order valence-corrected chi connectivity index (χ0v) is 10.6. The summed E-state index contributed by atoms with van der Waals surface area (Å²) in [6, 6.07) is 6.80. The highest BCUT2D eigenvalue weighted by molar-refractivity contribution is 6.15. The molecule has 6 nitrogen and oxygen atoms in total. The average Bonchev–Trinajstić information content (AvgIpc) is 2.77. The molecule has 106 valence electrons. The van der Waals surface area contributed by atoms with Crippen LogP contribution in [-0.4, -0.2) is 26.2 Å². The molecule has 2 aromatic carbocycles. The Labute approximate surface area is 118 Å². The number of phenols is 4. The maximum Gasteiger partial charge on any atom is 0.232 e. The minimum absolute atomic E-state index is 0.108. The minimum atomic E-state index is -0.524. The molecule has 0 unspecified atom stereocenters. The van der Waals surface area contributed by atoms with Crippen LogP contribution in [0.3, 0.4) is 0 Å². The van der Waals surface area contributed by atoms with Crippen LogP contribution < -0.4 is 4.74 Å². The van der Waals surface area contributed by atoms with Gasteiger partial charge in [-0.1, -0.05) is 12.1 Å². The smallest absolute Gasteiger partial charge is 0.232 e. The molecule has 2 aromatic rings. The number of ether oxygens (including phenoxy) is 1. The number of aromatic hydroxyl groups is 4. The molecule has 0 atom stereocenters. The van der Waals surface area contributed by atoms with Gasteiger partial charge in [0.25, 0.3) is 0 Å². The molecule has 0 radical (unpaired) electrons. The summed E-state index contributed by atoms with van der Waals surface area (Å²) >= 11 is 0. The fourth-order valence-corrected chi connectivity index (χ4v) is 2.03. The molecule has 0 aromatic heterocycles. The third-order valence-corrected chi connectivity index (χ3v) is 3.12. The first kappa shape index (κ1) is 12.9. The molecule has 1 aliphatic rings. The van der Waals surface area contributed by atoms with Crippen molar-refractivity contribution in [2.75, 3.05) is 0 Å². The third kappa shape index (κ3) is 1.93. The predicted octanol–water partition coefficient (Wildman–Crippen LogP) is 2.13. The van der Waals surface area contributed by atoms with Gasteiger partial charge >= 0.3 is 0 Å². The Morgan fingerprint density at radius 2 is 1.62 bits per heavy atom. The second-order valence-corrected chi connectivity index (χ2v) is 4.46. The van der Waals surface area contributed by atoms with Crippen LogP contribution in [0.4, 0.5) is 0 Å². The number of phenolic OH excluding ortho intramolecular Hbond substituents is 4.